The number of anilines is 2. The van der Waals surface area contributed by atoms with Gasteiger partial charge in [-0.25, -0.2) is 0 Å². The Morgan fingerprint density at radius 2 is 1.77 bits per heavy atom. The fraction of sp³-hybridized carbons (Fsp3) is 0.143. The maximum Gasteiger partial charge on any atom is 0.262 e. The number of ether oxygens (including phenoxy) is 1. The number of carbonyl (C=O) groups excluding carboxylic acids is 1. The van der Waals surface area contributed by atoms with Crippen LogP contribution in [0, 0.1) is 6.92 Å². The number of hydrogen-bond acceptors (Lipinski definition) is 4. The number of aryl methyl sites for hydroxylation is 1. The molecule has 0 radical (unpaired) electrons. The van der Waals surface area contributed by atoms with Crippen molar-refractivity contribution in [2.45, 2.75) is 13.1 Å². The van der Waals surface area contributed by atoms with Crippen LogP contribution in [0.25, 0.3) is 0 Å². The summed E-state index contributed by atoms with van der Waals surface area (Å²) in [4.78, 5) is 19.2. The number of amides is 1. The van der Waals surface area contributed by atoms with E-state index >= 15 is 0 Å². The van der Waals surface area contributed by atoms with Crippen LogP contribution in [0.1, 0.15) is 27.8 Å². The Hall–Kier alpha value is -3.34. The van der Waals surface area contributed by atoms with Gasteiger partial charge in [-0.15, -0.1) is 0 Å². The second kappa shape index (κ2) is 6.52. The van der Waals surface area contributed by atoms with E-state index in [0.29, 0.717) is 5.56 Å². The maximum absolute atomic E-state index is 13.0. The summed E-state index contributed by atoms with van der Waals surface area (Å²) in [5, 5.41) is 3.43. The third kappa shape index (κ3) is 2.77. The number of hydrogen-bond donors (Lipinski definition) is 1. The molecule has 1 atom stereocenters. The quantitative estimate of drug-likeness (QED) is 0.771. The van der Waals surface area contributed by atoms with E-state index in [1.54, 1.807) is 24.3 Å². The van der Waals surface area contributed by atoms with E-state index in [1.807, 2.05) is 61.5 Å². The summed E-state index contributed by atoms with van der Waals surface area (Å²) < 4.78 is 5.21. The number of aromatic nitrogens is 1. The Bertz CT molecular complexity index is 936. The van der Waals surface area contributed by atoms with Gasteiger partial charge in [0, 0.05) is 17.6 Å². The van der Waals surface area contributed by atoms with Crippen LogP contribution in [0.3, 0.4) is 0 Å². The zero-order chi connectivity index (χ0) is 18.1. The molecule has 1 aromatic heterocycles. The molecule has 0 bridgehead atoms. The minimum Gasteiger partial charge on any atom is -0.497 e. The van der Waals surface area contributed by atoms with Crippen molar-refractivity contribution >= 4 is 17.3 Å². The van der Waals surface area contributed by atoms with Gasteiger partial charge in [-0.2, -0.15) is 0 Å². The summed E-state index contributed by atoms with van der Waals surface area (Å²) in [6.45, 7) is 2.03. The highest BCUT2D eigenvalue weighted by atomic mass is 16.5. The first-order valence-corrected chi connectivity index (χ1v) is 8.43. The predicted molar refractivity (Wildman–Crippen MR) is 102 cm³/mol. The zero-order valence-electron chi connectivity index (χ0n) is 14.6. The minimum absolute atomic E-state index is 0.0528. The second-order valence-corrected chi connectivity index (χ2v) is 6.22. The molecule has 2 aromatic carbocycles. The van der Waals surface area contributed by atoms with Crippen LogP contribution < -0.4 is 15.0 Å². The first-order valence-electron chi connectivity index (χ1n) is 8.43. The molecule has 0 aliphatic carbocycles. The number of fused-ring (bicyclic) bond motifs is 1. The van der Waals surface area contributed by atoms with E-state index in [0.717, 1.165) is 28.4 Å². The number of nitrogens with zero attached hydrogens (tertiary/aromatic N) is 2. The van der Waals surface area contributed by atoms with E-state index in [4.69, 9.17) is 4.74 Å². The number of carbonyl (C=O) groups is 1. The smallest absolute Gasteiger partial charge is 0.262 e. The molecule has 1 aliphatic rings. The fourth-order valence-corrected chi connectivity index (χ4v) is 3.14. The molecule has 3 aromatic rings. The third-order valence-corrected chi connectivity index (χ3v) is 4.51. The van der Waals surface area contributed by atoms with Crippen molar-refractivity contribution in [3.8, 4) is 5.75 Å². The number of methoxy groups -OCH3 is 1. The van der Waals surface area contributed by atoms with Crippen LogP contribution in [0.2, 0.25) is 0 Å². The normalized spacial score (nSPS) is 15.7. The Morgan fingerprint density at radius 1 is 1.04 bits per heavy atom. The molecule has 0 spiro atoms. The van der Waals surface area contributed by atoms with E-state index in [1.165, 1.54) is 0 Å². The van der Waals surface area contributed by atoms with Crippen molar-refractivity contribution in [3.63, 3.8) is 0 Å². The van der Waals surface area contributed by atoms with E-state index in [9.17, 15) is 4.79 Å². The molecular formula is C21H19N3O2. The summed E-state index contributed by atoms with van der Waals surface area (Å²) in [7, 11) is 1.64. The standard InChI is InChI=1S/C21H19N3O2/c1-14-5-9-16(10-6-14)24-20(19-18(21(24)25)4-3-13-22-19)23-15-7-11-17(26-2)12-8-15/h3-13,20,23H,1-2H3/t20-/m1/s1. The molecule has 0 unspecified atom stereocenters. The molecule has 5 heteroatoms. The van der Waals surface area contributed by atoms with Gasteiger partial charge in [0.05, 0.1) is 18.4 Å². The van der Waals surface area contributed by atoms with Gasteiger partial charge in [0.15, 0.2) is 6.17 Å². The first kappa shape index (κ1) is 16.1. The van der Waals surface area contributed by atoms with Crippen LogP contribution in [-0.4, -0.2) is 18.0 Å². The molecule has 1 amide bonds. The summed E-state index contributed by atoms with van der Waals surface area (Å²) >= 11 is 0. The van der Waals surface area contributed by atoms with Crippen LogP contribution in [0.4, 0.5) is 11.4 Å². The molecule has 130 valence electrons. The summed E-state index contributed by atoms with van der Waals surface area (Å²) in [6.07, 6.45) is 1.35. The van der Waals surface area contributed by atoms with Crippen LogP contribution in [0.15, 0.2) is 66.9 Å². The lowest BCUT2D eigenvalue weighted by molar-refractivity contribution is 0.0993. The Balaban J connectivity index is 1.74. The average molecular weight is 345 g/mol. The Morgan fingerprint density at radius 3 is 2.46 bits per heavy atom. The highest BCUT2D eigenvalue weighted by Crippen LogP contribution is 2.37. The molecule has 26 heavy (non-hydrogen) atoms. The van der Waals surface area contributed by atoms with Crippen LogP contribution in [-0.2, 0) is 0 Å². The largest absolute Gasteiger partial charge is 0.497 e. The van der Waals surface area contributed by atoms with Gasteiger partial charge in [0.25, 0.3) is 5.91 Å². The van der Waals surface area contributed by atoms with Crippen molar-refractivity contribution in [3.05, 3.63) is 83.7 Å². The number of benzene rings is 2. The number of pyridine rings is 1. The molecule has 1 N–H and O–H groups in total. The van der Waals surface area contributed by atoms with Crippen molar-refractivity contribution in [2.24, 2.45) is 0 Å². The predicted octanol–water partition coefficient (Wildman–Crippen LogP) is 4.17. The van der Waals surface area contributed by atoms with Gasteiger partial charge in [0.2, 0.25) is 0 Å². The van der Waals surface area contributed by atoms with Crippen LogP contribution >= 0.6 is 0 Å². The van der Waals surface area contributed by atoms with Crippen molar-refractivity contribution in [1.29, 1.82) is 0 Å². The second-order valence-electron chi connectivity index (χ2n) is 6.22. The zero-order valence-corrected chi connectivity index (χ0v) is 14.6. The average Bonchev–Trinajstić information content (AvgIpc) is 2.95. The molecule has 0 saturated heterocycles. The van der Waals surface area contributed by atoms with Gasteiger partial charge in [0.1, 0.15) is 5.75 Å². The van der Waals surface area contributed by atoms with E-state index < -0.39 is 0 Å². The summed E-state index contributed by atoms with van der Waals surface area (Å²) in [5.74, 6) is 0.731. The van der Waals surface area contributed by atoms with Gasteiger partial charge in [-0.05, 0) is 55.5 Å². The Labute approximate surface area is 152 Å². The highest BCUT2D eigenvalue weighted by molar-refractivity contribution is 6.11. The van der Waals surface area contributed by atoms with Crippen molar-refractivity contribution in [2.75, 3.05) is 17.3 Å². The molecule has 4 rings (SSSR count). The minimum atomic E-state index is -0.366. The van der Waals surface area contributed by atoms with E-state index in [2.05, 4.69) is 10.3 Å². The van der Waals surface area contributed by atoms with Gasteiger partial charge in [-0.3, -0.25) is 14.7 Å². The van der Waals surface area contributed by atoms with Gasteiger partial charge < -0.3 is 10.1 Å². The maximum atomic E-state index is 13.0. The van der Waals surface area contributed by atoms with Crippen molar-refractivity contribution < 1.29 is 9.53 Å². The number of nitrogens with one attached hydrogen (secondary N) is 1. The lowest BCUT2D eigenvalue weighted by Gasteiger charge is -2.26. The monoisotopic (exact) mass is 345 g/mol. The highest BCUT2D eigenvalue weighted by Gasteiger charge is 2.38. The SMILES string of the molecule is COc1ccc(N[C@H]2c3ncccc3C(=O)N2c2ccc(C)cc2)cc1. The third-order valence-electron chi connectivity index (χ3n) is 4.51. The van der Waals surface area contributed by atoms with E-state index in [-0.39, 0.29) is 12.1 Å². The lowest BCUT2D eigenvalue weighted by Crippen LogP contribution is -2.32. The Kier molecular flexibility index (Phi) is 4.05. The molecule has 0 saturated carbocycles. The van der Waals surface area contributed by atoms with Gasteiger partial charge >= 0.3 is 0 Å². The first-order chi connectivity index (χ1) is 12.7. The number of rotatable bonds is 4. The molecule has 0 fully saturated rings. The van der Waals surface area contributed by atoms with Gasteiger partial charge in [-0.1, -0.05) is 17.7 Å². The molecule has 2 heterocycles. The molecular weight excluding hydrogens is 326 g/mol. The van der Waals surface area contributed by atoms with Crippen molar-refractivity contribution in [1.82, 2.24) is 4.98 Å². The summed E-state index contributed by atoms with van der Waals surface area (Å²) in [6, 6.07) is 19.2. The topological polar surface area (TPSA) is 54.5 Å². The fourth-order valence-electron chi connectivity index (χ4n) is 3.14. The molecule has 5 nitrogen and oxygen atoms in total. The van der Waals surface area contributed by atoms with Crippen LogP contribution in [0.5, 0.6) is 5.75 Å². The molecule has 1 aliphatic heterocycles. The summed E-state index contributed by atoms with van der Waals surface area (Å²) in [5.41, 5.74) is 4.23. The lowest BCUT2D eigenvalue weighted by atomic mass is 10.2.